The number of ether oxygens (including phenoxy) is 1. The van der Waals surface area contributed by atoms with Gasteiger partial charge >= 0.3 is 6.95 Å². The first-order chi connectivity index (χ1) is 13.8. The largest absolute Gasteiger partial charge is 0.490 e. The van der Waals surface area contributed by atoms with E-state index in [9.17, 15) is 13.3 Å². The Morgan fingerprint density at radius 3 is 2.41 bits per heavy atom. The van der Waals surface area contributed by atoms with E-state index >= 15 is 0 Å². The lowest BCUT2D eigenvalue weighted by molar-refractivity contribution is 0.242. The Balaban J connectivity index is 1.79. The van der Waals surface area contributed by atoms with Crippen molar-refractivity contribution in [3.63, 3.8) is 0 Å². The lowest BCUT2D eigenvalue weighted by atomic mass is 9.77. The van der Waals surface area contributed by atoms with E-state index in [0.717, 1.165) is 31.6 Å². The molecule has 0 aliphatic heterocycles. The molecule has 0 aromatic heterocycles. The predicted octanol–water partition coefficient (Wildman–Crippen LogP) is 7.33. The number of hydrogen-bond acceptors (Lipinski definition) is 3. The minimum absolute atomic E-state index is 0.00244. The summed E-state index contributed by atoms with van der Waals surface area (Å²) in [5.74, 6) is -1.06. The molecule has 1 unspecified atom stereocenters. The van der Waals surface area contributed by atoms with Crippen molar-refractivity contribution in [3.8, 4) is 5.75 Å². The third kappa shape index (κ3) is 8.53. The van der Waals surface area contributed by atoms with Gasteiger partial charge in [-0.05, 0) is 62.0 Å². The Kier molecular flexibility index (Phi) is 10.4. The highest BCUT2D eigenvalue weighted by Crippen LogP contribution is 2.47. The van der Waals surface area contributed by atoms with Crippen molar-refractivity contribution < 1.29 is 27.5 Å². The van der Waals surface area contributed by atoms with Crippen molar-refractivity contribution in [2.24, 2.45) is 5.92 Å². The fourth-order valence-corrected chi connectivity index (χ4v) is 4.54. The lowest BCUT2D eigenvalue weighted by Crippen LogP contribution is -2.15. The molecule has 0 spiro atoms. The van der Waals surface area contributed by atoms with E-state index in [0.29, 0.717) is 18.4 Å². The fourth-order valence-electron chi connectivity index (χ4n) is 3.98. The molecular weight excluding hydrogens is 421 g/mol. The van der Waals surface area contributed by atoms with Gasteiger partial charge in [-0.2, -0.15) is 4.39 Å². The molecule has 1 aliphatic rings. The van der Waals surface area contributed by atoms with Gasteiger partial charge in [0.05, 0.1) is 13.2 Å². The molecule has 1 aromatic rings. The number of halogens is 3. The van der Waals surface area contributed by atoms with E-state index < -0.39 is 18.6 Å². The molecule has 0 saturated heterocycles. The molecule has 0 heterocycles. The zero-order valence-corrected chi connectivity index (χ0v) is 18.7. The monoisotopic (exact) mass is 452 g/mol. The smallest absolute Gasteiger partial charge is 0.421 e. The molecule has 0 bridgehead atoms. The topological polar surface area (TPSA) is 55.8 Å². The van der Waals surface area contributed by atoms with Gasteiger partial charge < -0.3 is 9.63 Å². The molecule has 8 heteroatoms. The molecule has 1 aliphatic carbocycles. The van der Waals surface area contributed by atoms with Gasteiger partial charge in [0.15, 0.2) is 11.6 Å². The average molecular weight is 453 g/mol. The van der Waals surface area contributed by atoms with Gasteiger partial charge in [0.2, 0.25) is 5.82 Å². The van der Waals surface area contributed by atoms with Crippen molar-refractivity contribution in [1.82, 2.24) is 0 Å². The Labute approximate surface area is 177 Å². The highest BCUT2D eigenvalue weighted by Gasteiger charge is 2.26. The lowest BCUT2D eigenvalue weighted by Gasteiger charge is -2.29. The third-order valence-electron chi connectivity index (χ3n) is 5.63. The summed E-state index contributed by atoms with van der Waals surface area (Å²) in [5.41, 5.74) is 0.455. The Morgan fingerprint density at radius 2 is 1.76 bits per heavy atom. The molecule has 166 valence electrons. The zero-order chi connectivity index (χ0) is 21.3. The third-order valence-corrected chi connectivity index (χ3v) is 6.42. The molecule has 29 heavy (non-hydrogen) atoms. The first kappa shape index (κ1) is 24.6. The quantitative estimate of drug-likeness (QED) is 0.266. The van der Waals surface area contributed by atoms with Crippen LogP contribution in [0.1, 0.15) is 82.6 Å². The fraction of sp³-hybridized carbons (Fsp3) is 0.714. The minimum atomic E-state index is -4.00. The molecule has 1 aromatic carbocycles. The molecule has 1 saturated carbocycles. The van der Waals surface area contributed by atoms with Crippen molar-refractivity contribution in [2.75, 3.05) is 13.2 Å². The van der Waals surface area contributed by atoms with Crippen LogP contribution in [0.15, 0.2) is 12.1 Å². The number of unbranched alkanes of at least 4 members (excludes halogenated alkanes) is 3. The summed E-state index contributed by atoms with van der Waals surface area (Å²) in [6, 6.07) is 3.15. The van der Waals surface area contributed by atoms with Crippen LogP contribution in [-0.4, -0.2) is 18.1 Å². The first-order valence-electron chi connectivity index (χ1n) is 10.6. The standard InChI is InChI=1S/C21H32ClF2O4P/c1-2-3-4-7-16-8-10-17(11-9-16)18-12-13-19(21(24)20(18)23)27-14-5-6-15-28-29(22,25)26/h12-13,16-17H,2-11,14-15H2,1H3,(H,25,26). The number of benzene rings is 1. The normalized spacial score (nSPS) is 21.7. The van der Waals surface area contributed by atoms with Crippen LogP contribution >= 0.6 is 18.2 Å². The predicted molar refractivity (Wildman–Crippen MR) is 112 cm³/mol. The minimum Gasteiger partial charge on any atom is -0.490 e. The van der Waals surface area contributed by atoms with Crippen LogP contribution in [0.5, 0.6) is 5.75 Å². The summed E-state index contributed by atoms with van der Waals surface area (Å²) in [5, 5.41) is 0. The zero-order valence-electron chi connectivity index (χ0n) is 17.0. The van der Waals surface area contributed by atoms with E-state index in [4.69, 9.17) is 20.9 Å². The Morgan fingerprint density at radius 1 is 1.07 bits per heavy atom. The van der Waals surface area contributed by atoms with Gasteiger partial charge in [0.25, 0.3) is 0 Å². The van der Waals surface area contributed by atoms with Gasteiger partial charge in [-0.3, -0.25) is 4.52 Å². The molecular formula is C21H32ClF2O4P. The molecule has 1 fully saturated rings. The van der Waals surface area contributed by atoms with E-state index in [2.05, 4.69) is 11.4 Å². The second-order valence-corrected chi connectivity index (χ2v) is 10.3. The van der Waals surface area contributed by atoms with Crippen molar-refractivity contribution in [1.29, 1.82) is 0 Å². The maximum atomic E-state index is 14.6. The molecule has 0 amide bonds. The van der Waals surface area contributed by atoms with E-state index in [1.165, 1.54) is 31.7 Å². The van der Waals surface area contributed by atoms with Gasteiger partial charge in [-0.1, -0.05) is 38.7 Å². The molecule has 2 rings (SSSR count). The number of rotatable bonds is 12. The summed E-state index contributed by atoms with van der Waals surface area (Å²) in [6.07, 6.45) is 9.85. The molecule has 0 radical (unpaired) electrons. The average Bonchev–Trinajstić information content (AvgIpc) is 2.68. The van der Waals surface area contributed by atoms with Gasteiger partial charge in [0.1, 0.15) is 0 Å². The Hall–Kier alpha value is -0.680. The van der Waals surface area contributed by atoms with Crippen LogP contribution in [0.3, 0.4) is 0 Å². The van der Waals surface area contributed by atoms with Crippen LogP contribution in [-0.2, 0) is 9.09 Å². The van der Waals surface area contributed by atoms with Crippen LogP contribution in [0.4, 0.5) is 8.78 Å². The van der Waals surface area contributed by atoms with Crippen LogP contribution < -0.4 is 4.74 Å². The van der Waals surface area contributed by atoms with Crippen LogP contribution in [0.25, 0.3) is 0 Å². The molecule has 1 atom stereocenters. The molecule has 4 nitrogen and oxygen atoms in total. The summed E-state index contributed by atoms with van der Waals surface area (Å²) in [4.78, 5) is 8.79. The summed E-state index contributed by atoms with van der Waals surface area (Å²) in [7, 11) is 0. The maximum absolute atomic E-state index is 14.6. The Bertz CT molecular complexity index is 675. The highest BCUT2D eigenvalue weighted by molar-refractivity contribution is 7.80. The molecule has 1 N–H and O–H groups in total. The van der Waals surface area contributed by atoms with Gasteiger partial charge in [-0.25, -0.2) is 8.96 Å². The summed E-state index contributed by atoms with van der Waals surface area (Å²) < 4.78 is 49.6. The highest BCUT2D eigenvalue weighted by atomic mass is 35.7. The second kappa shape index (κ2) is 12.2. The SMILES string of the molecule is CCCCCC1CCC(c2ccc(OCCCCOP(=O)(O)Cl)c(F)c2F)CC1. The van der Waals surface area contributed by atoms with Crippen LogP contribution in [0.2, 0.25) is 0 Å². The summed E-state index contributed by atoms with van der Waals surface area (Å²) >= 11 is 5.06. The second-order valence-electron chi connectivity index (χ2n) is 7.83. The van der Waals surface area contributed by atoms with Crippen molar-refractivity contribution in [2.45, 2.75) is 77.0 Å². The van der Waals surface area contributed by atoms with E-state index in [1.54, 1.807) is 6.07 Å². The van der Waals surface area contributed by atoms with E-state index in [1.807, 2.05) is 0 Å². The van der Waals surface area contributed by atoms with Gasteiger partial charge in [-0.15, -0.1) is 0 Å². The number of hydrogen-bond donors (Lipinski definition) is 1. The van der Waals surface area contributed by atoms with Crippen LogP contribution in [0, 0.1) is 17.6 Å². The van der Waals surface area contributed by atoms with Gasteiger partial charge in [0, 0.05) is 11.2 Å². The first-order valence-corrected chi connectivity index (χ1v) is 13.1. The van der Waals surface area contributed by atoms with Crippen molar-refractivity contribution >= 4 is 18.2 Å². The van der Waals surface area contributed by atoms with Crippen molar-refractivity contribution in [3.05, 3.63) is 29.3 Å². The summed E-state index contributed by atoms with van der Waals surface area (Å²) in [6.45, 7) is -1.64. The maximum Gasteiger partial charge on any atom is 0.421 e. The van der Waals surface area contributed by atoms with E-state index in [-0.39, 0.29) is 24.9 Å².